The predicted molar refractivity (Wildman–Crippen MR) is 66.5 cm³/mol. The minimum Gasteiger partial charge on any atom is -0.344 e. The Kier molecular flexibility index (Phi) is 3.54. The minimum absolute atomic E-state index is 0.146. The first-order chi connectivity index (χ1) is 8.70. The number of nitrogens with one attached hydrogen (secondary N) is 3. The van der Waals surface area contributed by atoms with Gasteiger partial charge in [0.1, 0.15) is 5.69 Å². The molecule has 0 aliphatic heterocycles. The van der Waals surface area contributed by atoms with Gasteiger partial charge in [-0.15, -0.1) is 0 Å². The second-order valence-electron chi connectivity index (χ2n) is 3.80. The number of pyridine rings is 1. The second-order valence-corrected chi connectivity index (χ2v) is 3.80. The molecule has 94 valence electrons. The average Bonchev–Trinajstić information content (AvgIpc) is 2.92. The van der Waals surface area contributed by atoms with E-state index in [0.717, 1.165) is 5.56 Å². The van der Waals surface area contributed by atoms with Crippen LogP contribution >= 0.6 is 0 Å². The first-order valence-electron chi connectivity index (χ1n) is 5.43. The summed E-state index contributed by atoms with van der Waals surface area (Å²) in [6, 6.07) is 3.11. The molecule has 1 atom stereocenters. The monoisotopic (exact) mass is 246 g/mol. The van der Waals surface area contributed by atoms with E-state index in [0.29, 0.717) is 11.4 Å². The third-order valence-electron chi connectivity index (χ3n) is 2.53. The fraction of sp³-hybridized carbons (Fsp3) is 0.182. The fourth-order valence-corrected chi connectivity index (χ4v) is 1.50. The van der Waals surface area contributed by atoms with Crippen LogP contribution in [0.2, 0.25) is 0 Å². The topological polar surface area (TPSA) is 109 Å². The third-order valence-corrected chi connectivity index (χ3v) is 2.53. The maximum Gasteiger partial charge on any atom is 0.270 e. The second kappa shape index (κ2) is 5.28. The molecule has 0 aromatic carbocycles. The van der Waals surface area contributed by atoms with Crippen LogP contribution < -0.4 is 16.6 Å². The standard InChI is InChI=1S/C11H14N6O/c1-7(8-5-14-15-6-8)16-11(18)10-4-9(17-12)2-3-13-10/h2-7H,12H2,1H3,(H,13,17)(H,14,15)(H,16,18). The number of hydrogen-bond acceptors (Lipinski definition) is 5. The van der Waals surface area contributed by atoms with Crippen LogP contribution in [0.25, 0.3) is 0 Å². The minimum atomic E-state index is -0.263. The van der Waals surface area contributed by atoms with Crippen molar-refractivity contribution in [2.75, 3.05) is 5.43 Å². The van der Waals surface area contributed by atoms with Crippen molar-refractivity contribution in [2.45, 2.75) is 13.0 Å². The molecule has 7 heteroatoms. The van der Waals surface area contributed by atoms with E-state index in [1.807, 2.05) is 6.92 Å². The quantitative estimate of drug-likeness (QED) is 0.466. The van der Waals surface area contributed by atoms with Gasteiger partial charge in [0.25, 0.3) is 5.91 Å². The Bertz CT molecular complexity index is 524. The highest BCUT2D eigenvalue weighted by Crippen LogP contribution is 2.11. The number of anilines is 1. The van der Waals surface area contributed by atoms with E-state index in [2.05, 4.69) is 25.9 Å². The third kappa shape index (κ3) is 2.64. The molecule has 1 unspecified atom stereocenters. The number of nitrogens with two attached hydrogens (primary N) is 1. The van der Waals surface area contributed by atoms with Gasteiger partial charge in [-0.25, -0.2) is 0 Å². The Morgan fingerprint density at radius 3 is 3.06 bits per heavy atom. The van der Waals surface area contributed by atoms with Crippen molar-refractivity contribution in [2.24, 2.45) is 5.84 Å². The van der Waals surface area contributed by atoms with E-state index in [-0.39, 0.29) is 11.9 Å². The van der Waals surface area contributed by atoms with Gasteiger partial charge in [-0.2, -0.15) is 5.10 Å². The number of aromatic amines is 1. The van der Waals surface area contributed by atoms with Gasteiger partial charge >= 0.3 is 0 Å². The smallest absolute Gasteiger partial charge is 0.270 e. The first-order valence-corrected chi connectivity index (χ1v) is 5.43. The highest BCUT2D eigenvalue weighted by Gasteiger charge is 2.13. The summed E-state index contributed by atoms with van der Waals surface area (Å²) in [5.74, 6) is 5.01. The molecule has 2 rings (SSSR count). The van der Waals surface area contributed by atoms with Crippen LogP contribution in [0.4, 0.5) is 5.69 Å². The zero-order chi connectivity index (χ0) is 13.0. The lowest BCUT2D eigenvalue weighted by Gasteiger charge is -2.11. The van der Waals surface area contributed by atoms with E-state index < -0.39 is 0 Å². The molecule has 0 saturated carbocycles. The van der Waals surface area contributed by atoms with Gasteiger partial charge in [0.05, 0.1) is 17.9 Å². The van der Waals surface area contributed by atoms with Crippen molar-refractivity contribution >= 4 is 11.6 Å². The SMILES string of the molecule is CC(NC(=O)c1cc(NN)ccn1)c1cn[nH]c1. The molecule has 2 aromatic heterocycles. The summed E-state index contributed by atoms with van der Waals surface area (Å²) in [6.07, 6.45) is 4.92. The predicted octanol–water partition coefficient (Wildman–Crippen LogP) is 0.581. The molecule has 0 saturated heterocycles. The largest absolute Gasteiger partial charge is 0.344 e. The summed E-state index contributed by atoms with van der Waals surface area (Å²) in [4.78, 5) is 15.9. The number of hydrogen-bond donors (Lipinski definition) is 4. The summed E-state index contributed by atoms with van der Waals surface area (Å²) >= 11 is 0. The fourth-order valence-electron chi connectivity index (χ4n) is 1.50. The molecule has 0 radical (unpaired) electrons. The summed E-state index contributed by atoms with van der Waals surface area (Å²) < 4.78 is 0. The maximum atomic E-state index is 11.9. The number of carbonyl (C=O) groups is 1. The molecule has 0 spiro atoms. The lowest BCUT2D eigenvalue weighted by molar-refractivity contribution is 0.0935. The summed E-state index contributed by atoms with van der Waals surface area (Å²) in [6.45, 7) is 1.87. The van der Waals surface area contributed by atoms with Crippen LogP contribution in [0.3, 0.4) is 0 Å². The van der Waals surface area contributed by atoms with Crippen molar-refractivity contribution in [1.29, 1.82) is 0 Å². The van der Waals surface area contributed by atoms with Crippen LogP contribution in [-0.2, 0) is 0 Å². The number of nitrogen functional groups attached to an aromatic ring is 1. The Balaban J connectivity index is 2.07. The lowest BCUT2D eigenvalue weighted by Crippen LogP contribution is -2.27. The molecule has 1 amide bonds. The lowest BCUT2D eigenvalue weighted by atomic mass is 10.2. The van der Waals surface area contributed by atoms with E-state index in [1.165, 1.54) is 6.20 Å². The van der Waals surface area contributed by atoms with E-state index >= 15 is 0 Å². The summed E-state index contributed by atoms with van der Waals surface area (Å²) in [5, 5.41) is 9.35. The van der Waals surface area contributed by atoms with Gasteiger partial charge < -0.3 is 10.7 Å². The zero-order valence-corrected chi connectivity index (χ0v) is 9.84. The van der Waals surface area contributed by atoms with E-state index in [4.69, 9.17) is 5.84 Å². The van der Waals surface area contributed by atoms with Crippen molar-refractivity contribution in [1.82, 2.24) is 20.5 Å². The van der Waals surface area contributed by atoms with E-state index in [9.17, 15) is 4.79 Å². The van der Waals surface area contributed by atoms with Gasteiger partial charge in [-0.1, -0.05) is 0 Å². The van der Waals surface area contributed by atoms with Crippen LogP contribution in [-0.4, -0.2) is 21.1 Å². The average molecular weight is 246 g/mol. The number of H-pyrrole nitrogens is 1. The van der Waals surface area contributed by atoms with Crippen LogP contribution in [0.5, 0.6) is 0 Å². The van der Waals surface area contributed by atoms with Gasteiger partial charge in [0.2, 0.25) is 0 Å². The van der Waals surface area contributed by atoms with Crippen molar-refractivity contribution in [3.63, 3.8) is 0 Å². The molecule has 0 aliphatic rings. The van der Waals surface area contributed by atoms with Gasteiger partial charge in [0, 0.05) is 18.0 Å². The van der Waals surface area contributed by atoms with Crippen LogP contribution in [0, 0.1) is 0 Å². The molecule has 0 fully saturated rings. The Morgan fingerprint density at radius 1 is 1.56 bits per heavy atom. The van der Waals surface area contributed by atoms with Crippen LogP contribution in [0.1, 0.15) is 29.0 Å². The maximum absolute atomic E-state index is 11.9. The number of amides is 1. The first kappa shape index (κ1) is 12.1. The highest BCUT2D eigenvalue weighted by atomic mass is 16.1. The molecular formula is C11H14N6O. The summed E-state index contributed by atoms with van der Waals surface area (Å²) in [5.41, 5.74) is 4.30. The Morgan fingerprint density at radius 2 is 2.39 bits per heavy atom. The molecular weight excluding hydrogens is 232 g/mol. The van der Waals surface area contributed by atoms with Gasteiger partial charge in [-0.3, -0.25) is 20.7 Å². The highest BCUT2D eigenvalue weighted by molar-refractivity contribution is 5.93. The van der Waals surface area contributed by atoms with Crippen molar-refractivity contribution in [3.05, 3.63) is 42.0 Å². The number of rotatable bonds is 4. The van der Waals surface area contributed by atoms with Crippen molar-refractivity contribution in [3.8, 4) is 0 Å². The Hall–Kier alpha value is -2.41. The zero-order valence-electron chi connectivity index (χ0n) is 9.84. The van der Waals surface area contributed by atoms with Crippen LogP contribution in [0.15, 0.2) is 30.7 Å². The number of nitrogens with zero attached hydrogens (tertiary/aromatic N) is 2. The molecule has 5 N–H and O–H groups in total. The Labute approximate surface area is 104 Å². The van der Waals surface area contributed by atoms with E-state index in [1.54, 1.807) is 24.5 Å². The van der Waals surface area contributed by atoms with Crippen molar-refractivity contribution < 1.29 is 4.79 Å². The molecule has 7 nitrogen and oxygen atoms in total. The number of hydrazine groups is 1. The number of carbonyl (C=O) groups excluding carboxylic acids is 1. The molecule has 0 aliphatic carbocycles. The molecule has 18 heavy (non-hydrogen) atoms. The number of aromatic nitrogens is 3. The van der Waals surface area contributed by atoms with Gasteiger partial charge in [0.15, 0.2) is 0 Å². The summed E-state index contributed by atoms with van der Waals surface area (Å²) in [7, 11) is 0. The molecule has 0 bridgehead atoms. The molecule has 2 heterocycles. The molecule has 2 aromatic rings. The van der Waals surface area contributed by atoms with Gasteiger partial charge in [-0.05, 0) is 19.1 Å². The normalized spacial score (nSPS) is 11.9.